The number of rotatable bonds is 1. The number of H-pyrrole nitrogens is 1. The molecule has 94 valence electrons. The van der Waals surface area contributed by atoms with Crippen LogP contribution >= 0.6 is 0 Å². The van der Waals surface area contributed by atoms with Gasteiger partial charge in [-0.1, -0.05) is 6.07 Å². The normalized spacial score (nSPS) is 20.3. The van der Waals surface area contributed by atoms with Crippen LogP contribution < -0.4 is 5.73 Å². The molecule has 1 aromatic heterocycles. The summed E-state index contributed by atoms with van der Waals surface area (Å²) >= 11 is 0. The molecule has 3 N–H and O–H groups in total. The fourth-order valence-corrected chi connectivity index (χ4v) is 2.56. The summed E-state index contributed by atoms with van der Waals surface area (Å²) in [6.07, 6.45) is 3.90. The highest BCUT2D eigenvalue weighted by atomic mass is 16.2. The van der Waals surface area contributed by atoms with Crippen molar-refractivity contribution in [3.63, 3.8) is 0 Å². The lowest BCUT2D eigenvalue weighted by Gasteiger charge is -2.30. The smallest absolute Gasteiger partial charge is 0.253 e. The molecule has 0 unspecified atom stereocenters. The zero-order valence-electron chi connectivity index (χ0n) is 10.2. The number of nitrogens with two attached hydrogens (primary N) is 1. The Morgan fingerprint density at radius 1 is 1.39 bits per heavy atom. The number of hydrogen-bond acceptors (Lipinski definition) is 2. The van der Waals surface area contributed by atoms with Crippen molar-refractivity contribution in [3.8, 4) is 0 Å². The quantitative estimate of drug-likeness (QED) is 0.801. The van der Waals surface area contributed by atoms with Crippen LogP contribution in [-0.2, 0) is 0 Å². The van der Waals surface area contributed by atoms with E-state index in [1.54, 1.807) is 0 Å². The third-order valence-electron chi connectivity index (χ3n) is 3.55. The molecule has 2 aromatic rings. The maximum Gasteiger partial charge on any atom is 0.253 e. The molecule has 4 heteroatoms. The van der Waals surface area contributed by atoms with Gasteiger partial charge >= 0.3 is 0 Å². The number of nitrogens with zero attached hydrogens (tertiary/aromatic N) is 1. The molecular weight excluding hydrogens is 226 g/mol. The van der Waals surface area contributed by atoms with Gasteiger partial charge in [0.15, 0.2) is 0 Å². The Hall–Kier alpha value is -1.81. The zero-order chi connectivity index (χ0) is 12.5. The van der Waals surface area contributed by atoms with Gasteiger partial charge in [-0.05, 0) is 36.4 Å². The average Bonchev–Trinajstić information content (AvgIpc) is 2.85. The van der Waals surface area contributed by atoms with Crippen LogP contribution in [0.25, 0.3) is 10.9 Å². The van der Waals surface area contributed by atoms with E-state index < -0.39 is 0 Å². The van der Waals surface area contributed by atoms with E-state index in [0.29, 0.717) is 6.54 Å². The van der Waals surface area contributed by atoms with E-state index in [2.05, 4.69) is 4.98 Å². The van der Waals surface area contributed by atoms with Crippen LogP contribution in [0.15, 0.2) is 30.5 Å². The van der Waals surface area contributed by atoms with Crippen LogP contribution in [-0.4, -0.2) is 34.9 Å². The minimum atomic E-state index is 0.0849. The lowest BCUT2D eigenvalue weighted by atomic mass is 10.0. The van der Waals surface area contributed by atoms with Gasteiger partial charge < -0.3 is 15.6 Å². The number of carbonyl (C=O) groups is 1. The van der Waals surface area contributed by atoms with Crippen LogP contribution in [0.5, 0.6) is 0 Å². The summed E-state index contributed by atoms with van der Waals surface area (Å²) in [5.74, 6) is 0.0849. The molecule has 0 radical (unpaired) electrons. The van der Waals surface area contributed by atoms with Crippen LogP contribution in [0.4, 0.5) is 0 Å². The van der Waals surface area contributed by atoms with Crippen molar-refractivity contribution in [3.05, 3.63) is 36.0 Å². The lowest BCUT2D eigenvalue weighted by molar-refractivity contribution is 0.0709. The Kier molecular flexibility index (Phi) is 2.80. The number of aromatic nitrogens is 1. The van der Waals surface area contributed by atoms with Crippen molar-refractivity contribution in [2.24, 2.45) is 5.73 Å². The number of hydrogen-bond donors (Lipinski definition) is 2. The van der Waals surface area contributed by atoms with E-state index in [0.717, 1.165) is 35.9 Å². The van der Waals surface area contributed by atoms with Gasteiger partial charge in [-0.3, -0.25) is 4.79 Å². The van der Waals surface area contributed by atoms with Crippen molar-refractivity contribution in [2.75, 3.05) is 13.1 Å². The van der Waals surface area contributed by atoms with E-state index in [1.807, 2.05) is 35.4 Å². The van der Waals surface area contributed by atoms with Crippen LogP contribution in [0.3, 0.4) is 0 Å². The first-order valence-electron chi connectivity index (χ1n) is 6.36. The van der Waals surface area contributed by atoms with E-state index >= 15 is 0 Å². The third kappa shape index (κ3) is 1.99. The fraction of sp³-hybridized carbons (Fsp3) is 0.357. The summed E-state index contributed by atoms with van der Waals surface area (Å²) in [4.78, 5) is 17.4. The van der Waals surface area contributed by atoms with Gasteiger partial charge in [0.25, 0.3) is 5.91 Å². The molecule has 0 spiro atoms. The summed E-state index contributed by atoms with van der Waals surface area (Å²) in [6, 6.07) is 7.90. The van der Waals surface area contributed by atoms with Crippen LogP contribution in [0.1, 0.15) is 23.2 Å². The molecule has 1 fully saturated rings. The number of carbonyl (C=O) groups excluding carboxylic acids is 1. The highest BCUT2D eigenvalue weighted by Crippen LogP contribution is 2.17. The van der Waals surface area contributed by atoms with E-state index in [4.69, 9.17) is 5.73 Å². The Balaban J connectivity index is 1.86. The minimum Gasteiger partial charge on any atom is -0.361 e. The molecule has 0 saturated carbocycles. The second-order valence-electron chi connectivity index (χ2n) is 4.93. The van der Waals surface area contributed by atoms with Gasteiger partial charge in [0.2, 0.25) is 0 Å². The molecule has 1 saturated heterocycles. The maximum atomic E-state index is 12.4. The summed E-state index contributed by atoms with van der Waals surface area (Å²) < 4.78 is 0. The molecule has 1 atom stereocenters. The van der Waals surface area contributed by atoms with Gasteiger partial charge in [0, 0.05) is 36.4 Å². The molecule has 1 amide bonds. The Bertz CT molecular complexity index is 575. The van der Waals surface area contributed by atoms with Gasteiger partial charge in [0.1, 0.15) is 0 Å². The molecule has 3 rings (SSSR count). The largest absolute Gasteiger partial charge is 0.361 e. The van der Waals surface area contributed by atoms with Crippen molar-refractivity contribution in [2.45, 2.75) is 18.9 Å². The van der Waals surface area contributed by atoms with Gasteiger partial charge in [-0.2, -0.15) is 0 Å². The number of aromatic amines is 1. The third-order valence-corrected chi connectivity index (χ3v) is 3.55. The molecule has 1 aromatic carbocycles. The van der Waals surface area contributed by atoms with E-state index in [1.165, 1.54) is 0 Å². The monoisotopic (exact) mass is 243 g/mol. The summed E-state index contributed by atoms with van der Waals surface area (Å²) in [5.41, 5.74) is 7.65. The molecule has 2 heterocycles. The van der Waals surface area contributed by atoms with Crippen molar-refractivity contribution < 1.29 is 4.79 Å². The maximum absolute atomic E-state index is 12.4. The average molecular weight is 243 g/mol. The van der Waals surface area contributed by atoms with Crippen LogP contribution in [0.2, 0.25) is 0 Å². The van der Waals surface area contributed by atoms with Gasteiger partial charge in [-0.25, -0.2) is 0 Å². The minimum absolute atomic E-state index is 0.0849. The molecule has 18 heavy (non-hydrogen) atoms. The molecule has 0 bridgehead atoms. The summed E-state index contributed by atoms with van der Waals surface area (Å²) in [7, 11) is 0. The van der Waals surface area contributed by atoms with E-state index in [9.17, 15) is 4.79 Å². The highest BCUT2D eigenvalue weighted by Gasteiger charge is 2.22. The first kappa shape index (κ1) is 11.3. The van der Waals surface area contributed by atoms with Gasteiger partial charge in [0.05, 0.1) is 0 Å². The molecule has 1 aliphatic heterocycles. The first-order chi connectivity index (χ1) is 8.74. The van der Waals surface area contributed by atoms with Crippen molar-refractivity contribution >= 4 is 16.8 Å². The Morgan fingerprint density at radius 2 is 2.28 bits per heavy atom. The van der Waals surface area contributed by atoms with E-state index in [-0.39, 0.29) is 11.9 Å². The van der Waals surface area contributed by atoms with Crippen molar-refractivity contribution in [1.29, 1.82) is 0 Å². The molecular formula is C14H17N3O. The number of amides is 1. The molecule has 0 aliphatic carbocycles. The topological polar surface area (TPSA) is 62.1 Å². The number of nitrogens with one attached hydrogen (secondary N) is 1. The number of piperidine rings is 1. The SMILES string of the molecule is N[C@@H]1CCCN(C(=O)c2ccc3cc[nH]c3c2)C1. The number of fused-ring (bicyclic) bond motifs is 1. The van der Waals surface area contributed by atoms with Crippen molar-refractivity contribution in [1.82, 2.24) is 9.88 Å². The fourth-order valence-electron chi connectivity index (χ4n) is 2.56. The lowest BCUT2D eigenvalue weighted by Crippen LogP contribution is -2.45. The second-order valence-corrected chi connectivity index (χ2v) is 4.93. The second kappa shape index (κ2) is 4.46. The first-order valence-corrected chi connectivity index (χ1v) is 6.36. The molecule has 1 aliphatic rings. The summed E-state index contributed by atoms with van der Waals surface area (Å²) in [5, 5.41) is 1.13. The standard InChI is InChI=1S/C14H17N3O/c15-12-2-1-7-17(9-12)14(18)11-4-3-10-5-6-16-13(10)8-11/h3-6,8,12,16H,1-2,7,9,15H2/t12-/m1/s1. The summed E-state index contributed by atoms with van der Waals surface area (Å²) in [6.45, 7) is 1.48. The van der Waals surface area contributed by atoms with Gasteiger partial charge in [-0.15, -0.1) is 0 Å². The van der Waals surface area contributed by atoms with Crippen LogP contribution in [0, 0.1) is 0 Å². The predicted octanol–water partition coefficient (Wildman–Crippen LogP) is 1.73. The number of likely N-dealkylation sites (tertiary alicyclic amines) is 1. The zero-order valence-corrected chi connectivity index (χ0v) is 10.2. The Morgan fingerprint density at radius 3 is 3.11 bits per heavy atom. The predicted molar refractivity (Wildman–Crippen MR) is 71.4 cm³/mol. The highest BCUT2D eigenvalue weighted by molar-refractivity contribution is 5.98. The number of benzene rings is 1. The molecule has 4 nitrogen and oxygen atoms in total. The Labute approximate surface area is 106 Å².